The molecule has 6 aromatic rings. The molecule has 1 aromatic heterocycles. The molecule has 0 spiro atoms. The first-order chi connectivity index (χ1) is 19.1. The summed E-state index contributed by atoms with van der Waals surface area (Å²) < 4.78 is 31.1. The Morgan fingerprint density at radius 1 is 0.718 bits per heavy atom. The molecule has 0 saturated carbocycles. The number of aromatic nitrogens is 2. The Kier molecular flexibility index (Phi) is 6.12. The summed E-state index contributed by atoms with van der Waals surface area (Å²) in [7, 11) is 0. The van der Waals surface area contributed by atoms with Gasteiger partial charge in [0.25, 0.3) is 0 Å². The number of benzene rings is 5. The molecule has 39 heavy (non-hydrogen) atoms. The van der Waals surface area contributed by atoms with Gasteiger partial charge in [0.15, 0.2) is 6.29 Å². The largest absolute Gasteiger partial charge is 0.312 e. The Morgan fingerprint density at radius 3 is 1.67 bits per heavy atom. The van der Waals surface area contributed by atoms with Gasteiger partial charge < -0.3 is 4.57 Å². The van der Waals surface area contributed by atoms with Gasteiger partial charge in [0, 0.05) is 0 Å². The molecular weight excluding hydrogens is 490 g/mol. The van der Waals surface area contributed by atoms with Gasteiger partial charge in [-0.05, 0) is 58.5 Å². The highest BCUT2D eigenvalue weighted by atomic mass is 19.1. The third kappa shape index (κ3) is 3.86. The molecule has 0 N–H and O–H groups in total. The molecule has 0 saturated heterocycles. The van der Waals surface area contributed by atoms with Crippen LogP contribution in [0.15, 0.2) is 122 Å². The Hall–Kier alpha value is -4.90. The van der Waals surface area contributed by atoms with E-state index in [0.717, 1.165) is 33.3 Å². The molecule has 0 atom stereocenters. The zero-order valence-electron chi connectivity index (χ0n) is 21.2. The summed E-state index contributed by atoms with van der Waals surface area (Å²) in [6.07, 6.45) is 2.04. The molecule has 3 nitrogen and oxygen atoms in total. The Labute approximate surface area is 225 Å². The first kappa shape index (κ1) is 24.4. The highest BCUT2D eigenvalue weighted by Gasteiger charge is 2.39. The van der Waals surface area contributed by atoms with E-state index in [1.165, 1.54) is 12.1 Å². The third-order valence-electron chi connectivity index (χ3n) is 7.42. The summed E-state index contributed by atoms with van der Waals surface area (Å²) in [6.45, 7) is 1.90. The molecule has 0 bridgehead atoms. The number of rotatable bonds is 6. The smallest absolute Gasteiger partial charge is 0.155 e. The number of imidazole rings is 1. The van der Waals surface area contributed by atoms with E-state index in [0.29, 0.717) is 11.1 Å². The van der Waals surface area contributed by atoms with Crippen LogP contribution >= 0.6 is 0 Å². The van der Waals surface area contributed by atoms with Gasteiger partial charge in [-0.25, -0.2) is 13.8 Å². The number of hydrogen-bond donors (Lipinski definition) is 0. The lowest BCUT2D eigenvalue weighted by atomic mass is 9.76. The standard InChI is InChI=1S/C34H24F2N2O/c1-23-28(24-19-30(35)29(21-39)31(36)20-24)17-18-32-33(23)37-22-38(32)34(25-11-5-2-6-12-25,26-13-7-3-8-14-26)27-15-9-4-10-16-27/h2-22H,1H3. The zero-order valence-corrected chi connectivity index (χ0v) is 21.2. The maximum atomic E-state index is 14.5. The molecule has 190 valence electrons. The van der Waals surface area contributed by atoms with Crippen molar-refractivity contribution in [1.29, 1.82) is 0 Å². The van der Waals surface area contributed by atoms with Crippen molar-refractivity contribution in [2.24, 2.45) is 0 Å². The second kappa shape index (κ2) is 9.76. The predicted octanol–water partition coefficient (Wildman–Crippen LogP) is 7.94. The molecule has 0 fully saturated rings. The number of aryl methyl sites for hydroxylation is 1. The fraction of sp³-hybridized carbons (Fsp3) is 0.0588. The Morgan fingerprint density at radius 2 is 1.21 bits per heavy atom. The van der Waals surface area contributed by atoms with Crippen molar-refractivity contribution < 1.29 is 13.6 Å². The maximum absolute atomic E-state index is 14.5. The predicted molar refractivity (Wildman–Crippen MR) is 150 cm³/mol. The van der Waals surface area contributed by atoms with E-state index in [9.17, 15) is 13.6 Å². The average molecular weight is 515 g/mol. The zero-order chi connectivity index (χ0) is 27.0. The van der Waals surface area contributed by atoms with Gasteiger partial charge in [-0.1, -0.05) is 97.1 Å². The van der Waals surface area contributed by atoms with Crippen LogP contribution in [-0.4, -0.2) is 15.8 Å². The van der Waals surface area contributed by atoms with Gasteiger partial charge in [0.05, 0.1) is 22.9 Å². The second-order valence-electron chi connectivity index (χ2n) is 9.50. The number of carbonyl (C=O) groups excluding carboxylic acids is 1. The molecule has 0 aliphatic heterocycles. The molecule has 0 unspecified atom stereocenters. The van der Waals surface area contributed by atoms with Crippen LogP contribution in [-0.2, 0) is 5.54 Å². The normalized spacial score (nSPS) is 11.6. The molecule has 5 heteroatoms. The fourth-order valence-electron chi connectivity index (χ4n) is 5.61. The van der Waals surface area contributed by atoms with Gasteiger partial charge >= 0.3 is 0 Å². The maximum Gasteiger partial charge on any atom is 0.155 e. The number of aldehydes is 1. The van der Waals surface area contributed by atoms with Crippen molar-refractivity contribution in [2.75, 3.05) is 0 Å². The number of nitrogens with zero attached hydrogens (tertiary/aromatic N) is 2. The number of carbonyl (C=O) groups is 1. The van der Waals surface area contributed by atoms with E-state index in [4.69, 9.17) is 4.98 Å². The molecule has 5 aromatic carbocycles. The summed E-state index contributed by atoms with van der Waals surface area (Å²) >= 11 is 0. The Balaban J connectivity index is 1.66. The minimum atomic E-state index is -0.888. The van der Waals surface area contributed by atoms with E-state index in [1.54, 1.807) is 0 Å². The van der Waals surface area contributed by atoms with E-state index in [2.05, 4.69) is 41.0 Å². The fourth-order valence-corrected chi connectivity index (χ4v) is 5.61. The van der Waals surface area contributed by atoms with Crippen LogP contribution < -0.4 is 0 Å². The van der Waals surface area contributed by atoms with E-state index >= 15 is 0 Å². The van der Waals surface area contributed by atoms with Crippen LogP contribution in [0.3, 0.4) is 0 Å². The first-order valence-electron chi connectivity index (χ1n) is 12.6. The lowest BCUT2D eigenvalue weighted by Crippen LogP contribution is -2.37. The number of fused-ring (bicyclic) bond motifs is 1. The summed E-state index contributed by atoms with van der Waals surface area (Å²) in [4.78, 5) is 15.9. The van der Waals surface area contributed by atoms with Crippen molar-refractivity contribution in [3.63, 3.8) is 0 Å². The van der Waals surface area contributed by atoms with Gasteiger partial charge in [0.1, 0.15) is 17.2 Å². The summed E-state index contributed by atoms with van der Waals surface area (Å²) in [5.74, 6) is -1.78. The van der Waals surface area contributed by atoms with Crippen molar-refractivity contribution in [3.05, 3.63) is 161 Å². The van der Waals surface area contributed by atoms with Crippen molar-refractivity contribution in [1.82, 2.24) is 9.55 Å². The lowest BCUT2D eigenvalue weighted by molar-refractivity contribution is 0.111. The van der Waals surface area contributed by atoms with Gasteiger partial charge in [-0.2, -0.15) is 0 Å². The molecular formula is C34H24F2N2O. The van der Waals surface area contributed by atoms with Crippen LogP contribution in [0.25, 0.3) is 22.2 Å². The average Bonchev–Trinajstić information content (AvgIpc) is 3.41. The Bertz CT molecular complexity index is 1680. The van der Waals surface area contributed by atoms with E-state index < -0.39 is 22.7 Å². The summed E-state index contributed by atoms with van der Waals surface area (Å²) in [5, 5.41) is 0. The molecule has 0 aliphatic carbocycles. The topological polar surface area (TPSA) is 34.9 Å². The summed E-state index contributed by atoms with van der Waals surface area (Å²) in [6, 6.07) is 37.1. The highest BCUT2D eigenvalue weighted by Crippen LogP contribution is 2.43. The quantitative estimate of drug-likeness (QED) is 0.167. The first-order valence-corrected chi connectivity index (χ1v) is 12.6. The van der Waals surface area contributed by atoms with Crippen LogP contribution in [0.2, 0.25) is 0 Å². The summed E-state index contributed by atoms with van der Waals surface area (Å²) in [5.41, 5.74) is 5.27. The van der Waals surface area contributed by atoms with Crippen molar-refractivity contribution in [3.8, 4) is 11.1 Å². The highest BCUT2D eigenvalue weighted by molar-refractivity contribution is 5.88. The van der Waals surface area contributed by atoms with Crippen molar-refractivity contribution in [2.45, 2.75) is 12.5 Å². The van der Waals surface area contributed by atoms with Crippen LogP contribution in [0.4, 0.5) is 8.78 Å². The van der Waals surface area contributed by atoms with Gasteiger partial charge in [-0.3, -0.25) is 4.79 Å². The van der Waals surface area contributed by atoms with Gasteiger partial charge in [0.2, 0.25) is 0 Å². The van der Waals surface area contributed by atoms with E-state index in [1.807, 2.05) is 80.0 Å². The van der Waals surface area contributed by atoms with Crippen LogP contribution in [0.5, 0.6) is 0 Å². The molecule has 1 heterocycles. The second-order valence-corrected chi connectivity index (χ2v) is 9.50. The number of halogens is 2. The molecule has 0 aliphatic rings. The van der Waals surface area contributed by atoms with Crippen LogP contribution in [0.1, 0.15) is 32.6 Å². The third-order valence-corrected chi connectivity index (χ3v) is 7.42. The van der Waals surface area contributed by atoms with Gasteiger partial charge in [-0.15, -0.1) is 0 Å². The number of hydrogen-bond acceptors (Lipinski definition) is 2. The molecule has 0 amide bonds. The molecule has 6 rings (SSSR count). The monoisotopic (exact) mass is 514 g/mol. The lowest BCUT2D eigenvalue weighted by Gasteiger charge is -2.38. The SMILES string of the molecule is Cc1c(-c2cc(F)c(C=O)c(F)c2)ccc2c1ncn2C(c1ccccc1)(c1ccccc1)c1ccccc1. The minimum Gasteiger partial charge on any atom is -0.312 e. The van der Waals surface area contributed by atoms with Crippen molar-refractivity contribution >= 4 is 17.3 Å². The minimum absolute atomic E-state index is 0.197. The van der Waals surface area contributed by atoms with E-state index in [-0.39, 0.29) is 6.29 Å². The molecule has 0 radical (unpaired) electrons. The van der Waals surface area contributed by atoms with Crippen LogP contribution in [0, 0.1) is 18.6 Å².